The summed E-state index contributed by atoms with van der Waals surface area (Å²) in [6.45, 7) is 4.55. The Labute approximate surface area is 121 Å². The van der Waals surface area contributed by atoms with Gasteiger partial charge in [-0.3, -0.25) is 10.1 Å². The lowest BCUT2D eigenvalue weighted by molar-refractivity contribution is -0.121. The van der Waals surface area contributed by atoms with Crippen LogP contribution in [0.3, 0.4) is 0 Å². The van der Waals surface area contributed by atoms with Gasteiger partial charge >= 0.3 is 6.03 Å². The number of amides is 3. The third-order valence-corrected chi connectivity index (χ3v) is 2.96. The third-order valence-electron chi connectivity index (χ3n) is 2.47. The van der Waals surface area contributed by atoms with Crippen LogP contribution in [0.1, 0.15) is 19.4 Å². The van der Waals surface area contributed by atoms with Crippen LogP contribution in [0.4, 0.5) is 4.79 Å². The molecule has 1 aromatic rings. The Morgan fingerprint density at radius 2 is 2.11 bits per heavy atom. The van der Waals surface area contributed by atoms with Crippen molar-refractivity contribution in [3.63, 3.8) is 0 Å². The van der Waals surface area contributed by atoms with Gasteiger partial charge in [-0.1, -0.05) is 28.1 Å². The molecule has 0 spiro atoms. The van der Waals surface area contributed by atoms with Crippen molar-refractivity contribution in [1.82, 2.24) is 16.0 Å². The fourth-order valence-corrected chi connectivity index (χ4v) is 1.88. The van der Waals surface area contributed by atoms with E-state index in [0.29, 0.717) is 13.1 Å². The summed E-state index contributed by atoms with van der Waals surface area (Å²) in [5.41, 5.74) is 1.06. The highest BCUT2D eigenvalue weighted by Gasteiger charge is 2.14. The number of halogens is 1. The first-order valence-electron chi connectivity index (χ1n) is 6.09. The van der Waals surface area contributed by atoms with Crippen LogP contribution >= 0.6 is 15.9 Å². The molecule has 0 bridgehead atoms. The minimum Gasteiger partial charge on any atom is -0.338 e. The molecular formula is C13H18BrN3O2. The molecule has 1 rings (SSSR count). The van der Waals surface area contributed by atoms with Crippen molar-refractivity contribution < 1.29 is 9.59 Å². The van der Waals surface area contributed by atoms with E-state index >= 15 is 0 Å². The first kappa shape index (κ1) is 15.7. The van der Waals surface area contributed by atoms with Crippen molar-refractivity contribution >= 4 is 27.9 Å². The van der Waals surface area contributed by atoms with E-state index in [1.807, 2.05) is 24.3 Å². The number of carbonyl (C=O) groups excluding carboxylic acids is 2. The number of carbonyl (C=O) groups is 2. The van der Waals surface area contributed by atoms with Crippen molar-refractivity contribution in [3.05, 3.63) is 34.3 Å². The standard InChI is InChI=1S/C13H18BrN3O2/c1-3-15-13(19)17-12(18)9(2)16-8-10-5-4-6-11(14)7-10/h4-7,9,16H,3,8H2,1-2H3,(H2,15,17,18,19). The van der Waals surface area contributed by atoms with Crippen molar-refractivity contribution in [2.75, 3.05) is 6.54 Å². The Morgan fingerprint density at radius 3 is 2.74 bits per heavy atom. The number of hydrogen-bond acceptors (Lipinski definition) is 3. The Morgan fingerprint density at radius 1 is 1.37 bits per heavy atom. The summed E-state index contributed by atoms with van der Waals surface area (Å²) in [6.07, 6.45) is 0. The lowest BCUT2D eigenvalue weighted by Gasteiger charge is -2.13. The van der Waals surface area contributed by atoms with E-state index in [2.05, 4.69) is 31.9 Å². The molecule has 1 unspecified atom stereocenters. The highest BCUT2D eigenvalue weighted by molar-refractivity contribution is 9.10. The van der Waals surface area contributed by atoms with E-state index in [1.165, 1.54) is 0 Å². The van der Waals surface area contributed by atoms with E-state index in [9.17, 15) is 9.59 Å². The second kappa shape index (κ2) is 7.91. The third kappa shape index (κ3) is 5.85. The van der Waals surface area contributed by atoms with Crippen molar-refractivity contribution in [2.45, 2.75) is 26.4 Å². The number of imide groups is 1. The Kier molecular flexibility index (Phi) is 6.52. The van der Waals surface area contributed by atoms with Gasteiger partial charge in [-0.25, -0.2) is 4.79 Å². The van der Waals surface area contributed by atoms with Crippen LogP contribution in [0, 0.1) is 0 Å². The molecular weight excluding hydrogens is 310 g/mol. The molecule has 0 aliphatic heterocycles. The molecule has 0 saturated heterocycles. The molecule has 104 valence electrons. The fourth-order valence-electron chi connectivity index (χ4n) is 1.44. The predicted octanol–water partition coefficient (Wildman–Crippen LogP) is 1.77. The lowest BCUT2D eigenvalue weighted by Crippen LogP contribution is -2.47. The monoisotopic (exact) mass is 327 g/mol. The molecule has 0 radical (unpaired) electrons. The number of urea groups is 1. The van der Waals surface area contributed by atoms with Crippen molar-refractivity contribution in [3.8, 4) is 0 Å². The molecule has 19 heavy (non-hydrogen) atoms. The predicted molar refractivity (Wildman–Crippen MR) is 77.7 cm³/mol. The molecule has 1 aromatic carbocycles. The summed E-state index contributed by atoms with van der Waals surface area (Å²) in [6, 6.07) is 6.90. The quantitative estimate of drug-likeness (QED) is 0.772. The van der Waals surface area contributed by atoms with Gasteiger partial charge in [0.05, 0.1) is 6.04 Å². The highest BCUT2D eigenvalue weighted by Crippen LogP contribution is 2.11. The highest BCUT2D eigenvalue weighted by atomic mass is 79.9. The first-order valence-corrected chi connectivity index (χ1v) is 6.88. The fraction of sp³-hybridized carbons (Fsp3) is 0.385. The molecule has 0 saturated carbocycles. The molecule has 3 N–H and O–H groups in total. The minimum atomic E-state index is -0.469. The summed E-state index contributed by atoms with van der Waals surface area (Å²) in [5.74, 6) is -0.346. The van der Waals surface area contributed by atoms with Gasteiger partial charge in [-0.15, -0.1) is 0 Å². The normalized spacial score (nSPS) is 11.7. The van der Waals surface area contributed by atoms with Crippen molar-refractivity contribution in [2.24, 2.45) is 0 Å². The summed E-state index contributed by atoms with van der Waals surface area (Å²) >= 11 is 3.39. The van der Waals surface area contributed by atoms with Crippen LogP contribution in [0.25, 0.3) is 0 Å². The molecule has 0 aromatic heterocycles. The van der Waals surface area contributed by atoms with Gasteiger partial charge in [-0.2, -0.15) is 0 Å². The zero-order chi connectivity index (χ0) is 14.3. The topological polar surface area (TPSA) is 70.2 Å². The summed E-state index contributed by atoms with van der Waals surface area (Å²) in [4.78, 5) is 22.9. The maximum atomic E-state index is 11.7. The molecule has 6 heteroatoms. The smallest absolute Gasteiger partial charge is 0.321 e. The molecule has 1 atom stereocenters. The average molecular weight is 328 g/mol. The number of nitrogens with one attached hydrogen (secondary N) is 3. The summed E-state index contributed by atoms with van der Waals surface area (Å²) in [5, 5.41) is 7.84. The number of rotatable bonds is 5. The van der Waals surface area contributed by atoms with Crippen molar-refractivity contribution in [1.29, 1.82) is 0 Å². The van der Waals surface area contributed by atoms with Crippen LogP contribution in [0.5, 0.6) is 0 Å². The second-order valence-corrected chi connectivity index (χ2v) is 5.00. The largest absolute Gasteiger partial charge is 0.338 e. The average Bonchev–Trinajstić information content (AvgIpc) is 2.36. The first-order chi connectivity index (χ1) is 9.02. The Hall–Kier alpha value is -1.40. The molecule has 5 nitrogen and oxygen atoms in total. The summed E-state index contributed by atoms with van der Waals surface area (Å²) < 4.78 is 0.992. The van der Waals surface area contributed by atoms with Gasteiger partial charge in [0.2, 0.25) is 5.91 Å². The Balaban J connectivity index is 2.40. The van der Waals surface area contributed by atoms with Gasteiger partial charge in [0.25, 0.3) is 0 Å². The van der Waals surface area contributed by atoms with Crippen LogP contribution in [-0.2, 0) is 11.3 Å². The molecule has 0 aliphatic rings. The zero-order valence-electron chi connectivity index (χ0n) is 11.0. The van der Waals surface area contributed by atoms with Gasteiger partial charge in [0, 0.05) is 17.6 Å². The summed E-state index contributed by atoms with van der Waals surface area (Å²) in [7, 11) is 0. The molecule has 0 aliphatic carbocycles. The zero-order valence-corrected chi connectivity index (χ0v) is 12.6. The lowest BCUT2D eigenvalue weighted by atomic mass is 10.2. The molecule has 3 amide bonds. The van der Waals surface area contributed by atoms with E-state index in [-0.39, 0.29) is 5.91 Å². The van der Waals surface area contributed by atoms with Gasteiger partial charge in [0.15, 0.2) is 0 Å². The van der Waals surface area contributed by atoms with Gasteiger partial charge < -0.3 is 10.6 Å². The van der Waals surface area contributed by atoms with Gasteiger partial charge in [-0.05, 0) is 31.5 Å². The SMILES string of the molecule is CCNC(=O)NC(=O)C(C)NCc1cccc(Br)c1. The van der Waals surface area contributed by atoms with Crippen LogP contribution < -0.4 is 16.0 Å². The van der Waals surface area contributed by atoms with E-state index in [4.69, 9.17) is 0 Å². The van der Waals surface area contributed by atoms with Crippen LogP contribution in [0.2, 0.25) is 0 Å². The van der Waals surface area contributed by atoms with Crippen LogP contribution in [0.15, 0.2) is 28.7 Å². The number of benzene rings is 1. The molecule has 0 heterocycles. The second-order valence-electron chi connectivity index (χ2n) is 4.08. The molecule has 0 fully saturated rings. The Bertz CT molecular complexity index is 451. The van der Waals surface area contributed by atoms with E-state index < -0.39 is 12.1 Å². The maximum absolute atomic E-state index is 11.7. The minimum absolute atomic E-state index is 0.346. The van der Waals surface area contributed by atoms with E-state index in [1.54, 1.807) is 13.8 Å². The van der Waals surface area contributed by atoms with E-state index in [0.717, 1.165) is 10.0 Å². The maximum Gasteiger partial charge on any atom is 0.321 e. The van der Waals surface area contributed by atoms with Gasteiger partial charge in [0.1, 0.15) is 0 Å². The number of hydrogen-bond donors (Lipinski definition) is 3. The van der Waals surface area contributed by atoms with Crippen LogP contribution in [-0.4, -0.2) is 24.5 Å².